The maximum absolute atomic E-state index is 13.3. The van der Waals surface area contributed by atoms with E-state index in [4.69, 9.17) is 10.8 Å². The van der Waals surface area contributed by atoms with E-state index in [2.05, 4.69) is 26.6 Å². The van der Waals surface area contributed by atoms with E-state index in [0.29, 0.717) is 19.4 Å². The van der Waals surface area contributed by atoms with Gasteiger partial charge in [0.2, 0.25) is 29.5 Å². The minimum absolute atomic E-state index is 0.0371. The molecule has 0 bridgehead atoms. The molecular formula is C28H49N7O11S. The molecule has 0 aromatic carbocycles. The Bertz CT molecular complexity index is 1100. The van der Waals surface area contributed by atoms with E-state index in [-0.39, 0.29) is 50.2 Å². The van der Waals surface area contributed by atoms with Crippen molar-refractivity contribution in [2.75, 3.05) is 31.9 Å². The number of hydrogen-bond acceptors (Lipinski definition) is 13. The summed E-state index contributed by atoms with van der Waals surface area (Å²) < 4.78 is 0. The van der Waals surface area contributed by atoms with Crippen molar-refractivity contribution in [3.05, 3.63) is 0 Å². The molecule has 11 N–H and O–H groups in total. The van der Waals surface area contributed by atoms with Crippen LogP contribution in [-0.2, 0) is 33.6 Å². The number of unbranched alkanes of at least 4 members (excludes halogenated alkanes) is 1. The minimum Gasteiger partial charge on any atom is -0.481 e. The van der Waals surface area contributed by atoms with Crippen molar-refractivity contribution < 1.29 is 54.0 Å². The first-order valence-corrected chi connectivity index (χ1v) is 16.5. The monoisotopic (exact) mass is 691 g/mol. The zero-order valence-electron chi connectivity index (χ0n) is 26.9. The van der Waals surface area contributed by atoms with Gasteiger partial charge in [-0.15, -0.1) is 11.8 Å². The van der Waals surface area contributed by atoms with Crippen molar-refractivity contribution in [2.45, 2.75) is 101 Å². The number of carboxylic acids is 2. The number of rotatable bonds is 24. The summed E-state index contributed by atoms with van der Waals surface area (Å²) in [4.78, 5) is 88.3. The van der Waals surface area contributed by atoms with Gasteiger partial charge < -0.3 is 52.7 Å². The molecule has 5 atom stereocenters. The highest BCUT2D eigenvalue weighted by Crippen LogP contribution is 2.26. The molecule has 5 amide bonds. The van der Waals surface area contributed by atoms with Crippen molar-refractivity contribution in [3.8, 4) is 0 Å². The molecule has 0 saturated carbocycles. The SMILES string of the molecule is CCNC(CC(=O)O)C(=O)NC(CCCCN)C(=O)NC(CC(=O)O)C(=O)NC(CSC1CC(=O)N(CCNC(C)C)C1=O)C(O)O. The number of aliphatic carboxylic acids is 2. The van der Waals surface area contributed by atoms with E-state index < -0.39 is 84.1 Å². The second-order valence-electron chi connectivity index (χ2n) is 11.3. The Kier molecular flexibility index (Phi) is 19.1. The number of imide groups is 1. The van der Waals surface area contributed by atoms with Gasteiger partial charge in [0.05, 0.1) is 30.2 Å². The number of carbonyl (C=O) groups excluding carboxylic acids is 5. The van der Waals surface area contributed by atoms with Gasteiger partial charge in [-0.1, -0.05) is 20.8 Å². The zero-order chi connectivity index (χ0) is 35.7. The molecule has 268 valence electrons. The third kappa shape index (κ3) is 15.4. The van der Waals surface area contributed by atoms with Gasteiger partial charge in [-0.3, -0.25) is 38.5 Å². The molecule has 0 aliphatic carbocycles. The Hall–Kier alpha value is -3.36. The van der Waals surface area contributed by atoms with Crippen molar-refractivity contribution in [3.63, 3.8) is 0 Å². The van der Waals surface area contributed by atoms with Crippen molar-refractivity contribution in [1.82, 2.24) is 31.5 Å². The Balaban J connectivity index is 3.00. The fourth-order valence-electron chi connectivity index (χ4n) is 4.56. The van der Waals surface area contributed by atoms with Gasteiger partial charge in [0.1, 0.15) is 12.1 Å². The number of aliphatic hydroxyl groups is 2. The van der Waals surface area contributed by atoms with Gasteiger partial charge in [0, 0.05) is 31.3 Å². The fraction of sp³-hybridized carbons (Fsp3) is 0.750. The molecule has 0 aromatic heterocycles. The van der Waals surface area contributed by atoms with E-state index in [9.17, 15) is 48.9 Å². The van der Waals surface area contributed by atoms with Crippen LogP contribution in [0.2, 0.25) is 0 Å². The molecule has 1 aliphatic rings. The maximum atomic E-state index is 13.3. The van der Waals surface area contributed by atoms with Crippen LogP contribution in [0.5, 0.6) is 0 Å². The number of nitrogens with two attached hydrogens (primary N) is 1. The van der Waals surface area contributed by atoms with Crippen LogP contribution in [-0.4, -0.2) is 140 Å². The van der Waals surface area contributed by atoms with Crippen molar-refractivity contribution in [2.24, 2.45) is 5.73 Å². The van der Waals surface area contributed by atoms with Gasteiger partial charge >= 0.3 is 11.9 Å². The summed E-state index contributed by atoms with van der Waals surface area (Å²) in [6.07, 6.45) is -2.88. The molecule has 0 aromatic rings. The molecule has 0 spiro atoms. The van der Waals surface area contributed by atoms with E-state index in [1.807, 2.05) is 13.8 Å². The van der Waals surface area contributed by atoms with Gasteiger partial charge in [-0.25, -0.2) is 0 Å². The summed E-state index contributed by atoms with van der Waals surface area (Å²) in [7, 11) is 0. The quantitative estimate of drug-likeness (QED) is 0.0269. The maximum Gasteiger partial charge on any atom is 0.305 e. The first-order valence-electron chi connectivity index (χ1n) is 15.4. The van der Waals surface area contributed by atoms with Crippen LogP contribution in [0.4, 0.5) is 0 Å². The predicted molar refractivity (Wildman–Crippen MR) is 170 cm³/mol. The molecular weight excluding hydrogens is 642 g/mol. The lowest BCUT2D eigenvalue weighted by molar-refractivity contribution is -0.142. The molecule has 18 nitrogen and oxygen atoms in total. The largest absolute Gasteiger partial charge is 0.481 e. The number of likely N-dealkylation sites (tertiary alicyclic amines) is 1. The lowest BCUT2D eigenvalue weighted by Crippen LogP contribution is -2.58. The molecule has 47 heavy (non-hydrogen) atoms. The number of amides is 5. The molecule has 1 rings (SSSR count). The predicted octanol–water partition coefficient (Wildman–Crippen LogP) is -3.33. The van der Waals surface area contributed by atoms with Crippen LogP contribution >= 0.6 is 11.8 Å². The number of carboxylic acid groups (broad SMARTS) is 2. The summed E-state index contributed by atoms with van der Waals surface area (Å²) >= 11 is 0.915. The second kappa shape index (κ2) is 21.5. The van der Waals surface area contributed by atoms with E-state index in [1.165, 1.54) is 0 Å². The van der Waals surface area contributed by atoms with Crippen LogP contribution < -0.4 is 32.3 Å². The normalized spacial score (nSPS) is 17.4. The standard InChI is InChI=1S/C28H49N7O11S/c1-4-30-17(11-22(37)38)25(42)32-16(7-5-6-8-29)24(41)33-18(12-23(39)40)26(43)34-19(28(45)46)14-47-20-13-21(36)35(27(20)44)10-9-31-15(2)3/h15-20,28,30-31,45-46H,4-14,29H2,1-3H3,(H,32,42)(H,33,41)(H,34,43)(H,37,38)(H,39,40). The Morgan fingerprint density at radius 3 is 2.02 bits per heavy atom. The summed E-state index contributed by atoms with van der Waals surface area (Å²) in [5.41, 5.74) is 5.53. The number of nitrogens with one attached hydrogen (secondary N) is 5. The van der Waals surface area contributed by atoms with Gasteiger partial charge in [-0.2, -0.15) is 0 Å². The number of carbonyl (C=O) groups is 7. The highest BCUT2D eigenvalue weighted by Gasteiger charge is 2.39. The molecule has 1 fully saturated rings. The lowest BCUT2D eigenvalue weighted by Gasteiger charge is -2.26. The number of likely N-dealkylation sites (N-methyl/N-ethyl adjacent to an activating group) is 1. The van der Waals surface area contributed by atoms with Crippen LogP contribution in [0.1, 0.15) is 59.3 Å². The highest BCUT2D eigenvalue weighted by atomic mass is 32.2. The summed E-state index contributed by atoms with van der Waals surface area (Å²) in [5, 5.41) is 50.4. The van der Waals surface area contributed by atoms with E-state index in [1.54, 1.807) is 6.92 Å². The molecule has 5 unspecified atom stereocenters. The Labute approximate surface area is 277 Å². The Morgan fingerprint density at radius 1 is 0.894 bits per heavy atom. The van der Waals surface area contributed by atoms with Crippen LogP contribution in [0.25, 0.3) is 0 Å². The fourth-order valence-corrected chi connectivity index (χ4v) is 5.78. The van der Waals surface area contributed by atoms with Crippen LogP contribution in [0, 0.1) is 0 Å². The minimum atomic E-state index is -2.15. The van der Waals surface area contributed by atoms with Gasteiger partial charge in [0.25, 0.3) is 0 Å². The number of thioether (sulfide) groups is 1. The smallest absolute Gasteiger partial charge is 0.305 e. The second-order valence-corrected chi connectivity index (χ2v) is 12.5. The van der Waals surface area contributed by atoms with Gasteiger partial charge in [-0.05, 0) is 32.4 Å². The average molecular weight is 692 g/mol. The molecule has 1 saturated heterocycles. The molecule has 1 heterocycles. The lowest BCUT2D eigenvalue weighted by atomic mass is 10.1. The van der Waals surface area contributed by atoms with E-state index in [0.717, 1.165) is 16.7 Å². The zero-order valence-corrected chi connectivity index (χ0v) is 27.7. The average Bonchev–Trinajstić information content (AvgIpc) is 3.24. The molecule has 1 aliphatic heterocycles. The number of nitrogens with zero attached hydrogens (tertiary/aromatic N) is 1. The summed E-state index contributed by atoms with van der Waals surface area (Å²) in [6.45, 7) is 6.58. The van der Waals surface area contributed by atoms with Crippen molar-refractivity contribution >= 4 is 53.2 Å². The van der Waals surface area contributed by atoms with Crippen molar-refractivity contribution in [1.29, 1.82) is 0 Å². The third-order valence-corrected chi connectivity index (χ3v) is 8.31. The van der Waals surface area contributed by atoms with E-state index >= 15 is 0 Å². The topological polar surface area (TPSA) is 290 Å². The van der Waals surface area contributed by atoms with Gasteiger partial charge in [0.15, 0.2) is 6.29 Å². The van der Waals surface area contributed by atoms with Crippen LogP contribution in [0.15, 0.2) is 0 Å². The first-order chi connectivity index (χ1) is 22.1. The third-order valence-electron chi connectivity index (χ3n) is 6.99. The number of aliphatic hydroxyl groups excluding tert-OH is 1. The Morgan fingerprint density at radius 2 is 1.47 bits per heavy atom. The highest BCUT2D eigenvalue weighted by molar-refractivity contribution is 8.00. The number of hydrogen-bond donors (Lipinski definition) is 10. The van der Waals surface area contributed by atoms with Crippen LogP contribution in [0.3, 0.4) is 0 Å². The molecule has 19 heteroatoms. The first kappa shape index (κ1) is 41.7. The summed E-state index contributed by atoms with van der Waals surface area (Å²) in [6, 6.07) is -5.44. The summed E-state index contributed by atoms with van der Waals surface area (Å²) in [5.74, 6) is -6.63. The molecule has 0 radical (unpaired) electrons.